The number of hydrogen-bond acceptors (Lipinski definition) is 5. The van der Waals surface area contributed by atoms with Gasteiger partial charge in [-0.3, -0.25) is 9.59 Å². The Morgan fingerprint density at radius 3 is 2.07 bits per heavy atom. The number of ether oxygens (including phenoxy) is 2. The van der Waals surface area contributed by atoms with Gasteiger partial charge in [0.05, 0.1) is 6.61 Å². The molecule has 0 saturated carbocycles. The lowest BCUT2D eigenvalue weighted by molar-refractivity contribution is -0.161. The minimum absolute atomic E-state index is 0.0862. The highest BCUT2D eigenvalue weighted by atomic mass is 16.6. The van der Waals surface area contributed by atoms with Crippen LogP contribution in [0.2, 0.25) is 0 Å². The van der Waals surface area contributed by atoms with Crippen molar-refractivity contribution in [1.29, 1.82) is 0 Å². The van der Waals surface area contributed by atoms with E-state index in [-0.39, 0.29) is 31.6 Å². The van der Waals surface area contributed by atoms with Gasteiger partial charge in [-0.1, -0.05) is 70.3 Å². The van der Waals surface area contributed by atoms with Crippen LogP contribution in [0, 0.1) is 0 Å². The molecule has 0 heterocycles. The summed E-state index contributed by atoms with van der Waals surface area (Å²) in [7, 11) is 0. The summed E-state index contributed by atoms with van der Waals surface area (Å²) in [6, 6.07) is 0. The molecule has 0 bridgehead atoms. The highest BCUT2D eigenvalue weighted by molar-refractivity contribution is 5.70. The molecule has 0 saturated heterocycles. The van der Waals surface area contributed by atoms with Gasteiger partial charge in [0.1, 0.15) is 6.61 Å². The van der Waals surface area contributed by atoms with Gasteiger partial charge in [-0.15, -0.1) is 0 Å². The summed E-state index contributed by atoms with van der Waals surface area (Å²) in [5, 5.41) is 9.19. The molecular weight excluding hydrogens is 368 g/mol. The quantitative estimate of drug-likeness (QED) is 0.169. The molecule has 0 aliphatic rings. The molecule has 0 aromatic carbocycles. The van der Waals surface area contributed by atoms with Crippen molar-refractivity contribution < 1.29 is 24.2 Å². The molecule has 1 atom stereocenters. The maximum atomic E-state index is 11.8. The van der Waals surface area contributed by atoms with Crippen molar-refractivity contribution in [2.24, 2.45) is 0 Å². The van der Waals surface area contributed by atoms with E-state index in [0.29, 0.717) is 6.42 Å². The monoisotopic (exact) mass is 410 g/mol. The van der Waals surface area contributed by atoms with Gasteiger partial charge < -0.3 is 14.6 Å². The lowest BCUT2D eigenvalue weighted by Gasteiger charge is -2.15. The van der Waals surface area contributed by atoms with Crippen molar-refractivity contribution >= 4 is 11.9 Å². The van der Waals surface area contributed by atoms with Crippen LogP contribution in [0.4, 0.5) is 0 Å². The van der Waals surface area contributed by atoms with Crippen molar-refractivity contribution in [3.8, 4) is 0 Å². The number of hydrogen-bond donors (Lipinski definition) is 1. The van der Waals surface area contributed by atoms with Crippen LogP contribution in [-0.4, -0.2) is 36.4 Å². The molecule has 0 radical (unpaired) electrons. The fourth-order valence-corrected chi connectivity index (χ4v) is 2.74. The second-order valence-corrected chi connectivity index (χ2v) is 7.31. The number of rotatable bonds is 19. The third-order valence-electron chi connectivity index (χ3n) is 4.55. The molecule has 0 amide bonds. The number of unbranched alkanes of at least 4 members (excludes halogenated alkanes) is 8. The summed E-state index contributed by atoms with van der Waals surface area (Å²) in [5.41, 5.74) is 0. The van der Waals surface area contributed by atoms with Gasteiger partial charge in [-0.2, -0.15) is 0 Å². The molecule has 0 aliphatic heterocycles. The Morgan fingerprint density at radius 1 is 0.828 bits per heavy atom. The van der Waals surface area contributed by atoms with Gasteiger partial charge >= 0.3 is 11.9 Å². The number of carbonyl (C=O) groups excluding carboxylic acids is 2. The first-order valence-corrected chi connectivity index (χ1v) is 11.4. The van der Waals surface area contributed by atoms with Gasteiger partial charge in [0.2, 0.25) is 0 Å². The van der Waals surface area contributed by atoms with Gasteiger partial charge in [-0.25, -0.2) is 0 Å². The number of esters is 2. The molecule has 5 nitrogen and oxygen atoms in total. The Kier molecular flexibility index (Phi) is 19.9. The topological polar surface area (TPSA) is 72.8 Å². The first-order chi connectivity index (χ1) is 14.1. The maximum Gasteiger partial charge on any atom is 0.306 e. The molecule has 1 N–H and O–H groups in total. The summed E-state index contributed by atoms with van der Waals surface area (Å²) in [6.45, 7) is 3.49. The molecule has 0 fully saturated rings. The van der Waals surface area contributed by atoms with Gasteiger partial charge in [0, 0.05) is 12.8 Å². The smallest absolute Gasteiger partial charge is 0.306 e. The molecule has 29 heavy (non-hydrogen) atoms. The Bertz CT molecular complexity index is 456. The van der Waals surface area contributed by atoms with Gasteiger partial charge in [-0.05, 0) is 38.5 Å². The van der Waals surface area contributed by atoms with Gasteiger partial charge in [0.25, 0.3) is 0 Å². The van der Waals surface area contributed by atoms with Crippen molar-refractivity contribution in [3.63, 3.8) is 0 Å². The SMILES string of the molecule is CCCCC/C=C\C/C=C\CCCCCCCC(=O)OC(CO)COC(=O)CC. The first kappa shape index (κ1) is 27.4. The third-order valence-corrected chi connectivity index (χ3v) is 4.55. The minimum Gasteiger partial charge on any atom is -0.462 e. The Morgan fingerprint density at radius 2 is 1.45 bits per heavy atom. The second kappa shape index (κ2) is 21.1. The van der Waals surface area contributed by atoms with Crippen molar-refractivity contribution in [1.82, 2.24) is 0 Å². The fraction of sp³-hybridized carbons (Fsp3) is 0.750. The molecule has 5 heteroatoms. The van der Waals surface area contributed by atoms with Gasteiger partial charge in [0.15, 0.2) is 6.10 Å². The summed E-state index contributed by atoms with van der Waals surface area (Å²) < 4.78 is 10.0. The summed E-state index contributed by atoms with van der Waals surface area (Å²) in [4.78, 5) is 22.9. The standard InChI is InChI=1S/C24H42O5/c1-3-5-6-7-8-9-10-11-12-13-14-15-16-17-18-19-24(27)29-22(20-25)21-28-23(26)4-2/h8-9,11-12,22,25H,3-7,10,13-21H2,1-2H3/b9-8-,12-11-. The summed E-state index contributed by atoms with van der Waals surface area (Å²) in [6.07, 6.45) is 21.3. The van der Waals surface area contributed by atoms with Crippen LogP contribution < -0.4 is 0 Å². The minimum atomic E-state index is -0.768. The van der Waals surface area contributed by atoms with Crippen LogP contribution in [0.1, 0.15) is 97.3 Å². The molecule has 0 aromatic rings. The van der Waals surface area contributed by atoms with Crippen LogP contribution in [0.5, 0.6) is 0 Å². The summed E-state index contributed by atoms with van der Waals surface area (Å²) >= 11 is 0. The number of carbonyl (C=O) groups is 2. The number of aliphatic hydroxyl groups excluding tert-OH is 1. The maximum absolute atomic E-state index is 11.8. The zero-order valence-corrected chi connectivity index (χ0v) is 18.6. The van der Waals surface area contributed by atoms with Crippen molar-refractivity contribution in [2.45, 2.75) is 103 Å². The highest BCUT2D eigenvalue weighted by Crippen LogP contribution is 2.09. The Labute approximate surface area is 177 Å². The zero-order valence-electron chi connectivity index (χ0n) is 18.6. The van der Waals surface area contributed by atoms with Crippen LogP contribution in [0.25, 0.3) is 0 Å². The van der Waals surface area contributed by atoms with Crippen molar-refractivity contribution in [3.05, 3.63) is 24.3 Å². The van der Waals surface area contributed by atoms with E-state index in [1.54, 1.807) is 6.92 Å². The fourth-order valence-electron chi connectivity index (χ4n) is 2.74. The molecule has 0 aliphatic carbocycles. The van der Waals surface area contributed by atoms with E-state index < -0.39 is 6.10 Å². The molecule has 168 valence electrons. The van der Waals surface area contributed by atoms with E-state index in [4.69, 9.17) is 9.47 Å². The number of aliphatic hydroxyl groups is 1. The van der Waals surface area contributed by atoms with Crippen LogP contribution in [0.3, 0.4) is 0 Å². The Balaban J connectivity index is 3.53. The van der Waals surface area contributed by atoms with Crippen LogP contribution >= 0.6 is 0 Å². The van der Waals surface area contributed by atoms with Crippen LogP contribution in [-0.2, 0) is 19.1 Å². The van der Waals surface area contributed by atoms with Crippen LogP contribution in [0.15, 0.2) is 24.3 Å². The predicted octanol–water partition coefficient (Wildman–Crippen LogP) is 5.66. The van der Waals surface area contributed by atoms with E-state index in [9.17, 15) is 14.7 Å². The molecule has 0 rings (SSSR count). The number of allylic oxidation sites excluding steroid dienone is 4. The van der Waals surface area contributed by atoms with E-state index >= 15 is 0 Å². The highest BCUT2D eigenvalue weighted by Gasteiger charge is 2.15. The predicted molar refractivity (Wildman–Crippen MR) is 118 cm³/mol. The molecule has 0 spiro atoms. The zero-order chi connectivity index (χ0) is 21.6. The molecule has 1 unspecified atom stereocenters. The molecule has 0 aromatic heterocycles. The Hall–Kier alpha value is -1.62. The average Bonchev–Trinajstić information content (AvgIpc) is 2.73. The third kappa shape index (κ3) is 19.5. The lowest BCUT2D eigenvalue weighted by Crippen LogP contribution is -2.28. The normalized spacial score (nSPS) is 12.5. The second-order valence-electron chi connectivity index (χ2n) is 7.31. The molecular formula is C24H42O5. The first-order valence-electron chi connectivity index (χ1n) is 11.4. The average molecular weight is 411 g/mol. The summed E-state index contributed by atoms with van der Waals surface area (Å²) in [5.74, 6) is -0.713. The van der Waals surface area contributed by atoms with Crippen molar-refractivity contribution in [2.75, 3.05) is 13.2 Å². The lowest BCUT2D eigenvalue weighted by atomic mass is 10.1. The van der Waals surface area contributed by atoms with E-state index in [1.807, 2.05) is 0 Å². The van der Waals surface area contributed by atoms with E-state index in [1.165, 1.54) is 38.5 Å². The van der Waals surface area contributed by atoms with E-state index in [2.05, 4.69) is 31.2 Å². The van der Waals surface area contributed by atoms with E-state index in [0.717, 1.165) is 32.1 Å². The largest absolute Gasteiger partial charge is 0.462 e.